The van der Waals surface area contributed by atoms with Gasteiger partial charge in [-0.2, -0.15) is 18.3 Å². The van der Waals surface area contributed by atoms with Gasteiger partial charge in [-0.15, -0.1) is 0 Å². The van der Waals surface area contributed by atoms with E-state index < -0.39 is 23.1 Å². The molecule has 2 heterocycles. The van der Waals surface area contributed by atoms with Gasteiger partial charge in [-0.1, -0.05) is 6.07 Å². The highest BCUT2D eigenvalue weighted by molar-refractivity contribution is 5.92. The molecule has 0 bridgehead atoms. The van der Waals surface area contributed by atoms with Gasteiger partial charge < -0.3 is 10.1 Å². The van der Waals surface area contributed by atoms with Crippen LogP contribution in [0.3, 0.4) is 0 Å². The number of carbonyl (C=O) groups excluding carboxylic acids is 1. The number of morpholine rings is 1. The first-order chi connectivity index (χ1) is 14.1. The van der Waals surface area contributed by atoms with Crippen LogP contribution in [0.25, 0.3) is 5.69 Å². The van der Waals surface area contributed by atoms with Crippen molar-refractivity contribution in [3.05, 3.63) is 57.5 Å². The summed E-state index contributed by atoms with van der Waals surface area (Å²) in [6, 6.07) is 5.49. The summed E-state index contributed by atoms with van der Waals surface area (Å²) in [6.07, 6.45) is -4.52. The molecular weight excluding hydrogens is 401 g/mol. The second-order valence-corrected chi connectivity index (χ2v) is 7.25. The Morgan fingerprint density at radius 3 is 2.63 bits per heavy atom. The highest BCUT2D eigenvalue weighted by Crippen LogP contribution is 2.30. The lowest BCUT2D eigenvalue weighted by atomic mass is 10.2. The molecule has 162 valence electrons. The molecule has 0 saturated carbocycles. The largest absolute Gasteiger partial charge is 0.416 e. The predicted octanol–water partition coefficient (Wildman–Crippen LogP) is 2.01. The summed E-state index contributed by atoms with van der Waals surface area (Å²) < 4.78 is 45.6. The van der Waals surface area contributed by atoms with E-state index in [2.05, 4.69) is 15.3 Å². The van der Waals surface area contributed by atoms with Gasteiger partial charge in [-0.05, 0) is 32.0 Å². The molecule has 1 unspecified atom stereocenters. The van der Waals surface area contributed by atoms with Gasteiger partial charge >= 0.3 is 6.18 Å². The zero-order valence-electron chi connectivity index (χ0n) is 16.7. The average molecular weight is 424 g/mol. The van der Waals surface area contributed by atoms with Crippen LogP contribution in [0, 0.1) is 6.92 Å². The van der Waals surface area contributed by atoms with Crippen LogP contribution in [0.5, 0.6) is 0 Å². The lowest BCUT2D eigenvalue weighted by molar-refractivity contribution is -0.137. The Hall–Kier alpha value is -2.72. The number of rotatable bonds is 5. The van der Waals surface area contributed by atoms with E-state index in [4.69, 9.17) is 4.74 Å². The number of alkyl halides is 3. The summed E-state index contributed by atoms with van der Waals surface area (Å²) in [7, 11) is 0. The molecule has 0 radical (unpaired) electrons. The maximum atomic E-state index is 13.0. The van der Waals surface area contributed by atoms with E-state index in [0.29, 0.717) is 25.5 Å². The Kier molecular flexibility index (Phi) is 6.57. The van der Waals surface area contributed by atoms with E-state index in [1.807, 2.05) is 6.92 Å². The van der Waals surface area contributed by atoms with Crippen molar-refractivity contribution in [2.24, 2.45) is 0 Å². The van der Waals surface area contributed by atoms with Crippen molar-refractivity contribution in [1.82, 2.24) is 20.0 Å². The SMILES string of the molecule is Cc1cc(=O)c(C(=O)NC(C)CN2CCOCC2)nn1-c1cccc(C(F)(F)F)c1. The van der Waals surface area contributed by atoms with Crippen molar-refractivity contribution in [2.75, 3.05) is 32.8 Å². The third-order valence-corrected chi connectivity index (χ3v) is 4.75. The Balaban J connectivity index is 1.82. The molecule has 7 nitrogen and oxygen atoms in total. The summed E-state index contributed by atoms with van der Waals surface area (Å²) in [5.41, 5.74) is -1.38. The summed E-state index contributed by atoms with van der Waals surface area (Å²) in [4.78, 5) is 27.1. The van der Waals surface area contributed by atoms with Gasteiger partial charge in [0.05, 0.1) is 24.5 Å². The molecule has 1 fully saturated rings. The number of benzene rings is 1. The van der Waals surface area contributed by atoms with Gasteiger partial charge in [0.25, 0.3) is 5.91 Å². The first-order valence-corrected chi connectivity index (χ1v) is 9.55. The number of hydrogen-bond donors (Lipinski definition) is 1. The lowest BCUT2D eigenvalue weighted by Crippen LogP contribution is -2.47. The van der Waals surface area contributed by atoms with Gasteiger partial charge in [-0.3, -0.25) is 14.5 Å². The second-order valence-electron chi connectivity index (χ2n) is 7.25. The van der Waals surface area contributed by atoms with E-state index in [0.717, 1.165) is 29.9 Å². The second kappa shape index (κ2) is 8.97. The van der Waals surface area contributed by atoms with Crippen molar-refractivity contribution in [3.63, 3.8) is 0 Å². The number of amides is 1. The van der Waals surface area contributed by atoms with E-state index in [1.54, 1.807) is 0 Å². The topological polar surface area (TPSA) is 76.5 Å². The van der Waals surface area contributed by atoms with Crippen LogP contribution in [-0.4, -0.2) is 59.5 Å². The van der Waals surface area contributed by atoms with E-state index in [9.17, 15) is 22.8 Å². The number of halogens is 3. The molecule has 1 atom stereocenters. The van der Waals surface area contributed by atoms with Gasteiger partial charge in [0.1, 0.15) is 0 Å². The number of nitrogens with one attached hydrogen (secondary N) is 1. The summed E-state index contributed by atoms with van der Waals surface area (Å²) in [5.74, 6) is -0.665. The Labute approximate surface area is 171 Å². The fraction of sp³-hybridized carbons (Fsp3) is 0.450. The van der Waals surface area contributed by atoms with Gasteiger partial charge in [-0.25, -0.2) is 4.68 Å². The minimum Gasteiger partial charge on any atom is -0.379 e. The number of ether oxygens (including phenoxy) is 1. The van der Waals surface area contributed by atoms with Crippen LogP contribution >= 0.6 is 0 Å². The van der Waals surface area contributed by atoms with Crippen LogP contribution in [-0.2, 0) is 10.9 Å². The third kappa shape index (κ3) is 5.25. The zero-order chi connectivity index (χ0) is 21.9. The zero-order valence-corrected chi connectivity index (χ0v) is 16.7. The Morgan fingerprint density at radius 1 is 1.27 bits per heavy atom. The van der Waals surface area contributed by atoms with E-state index >= 15 is 0 Å². The fourth-order valence-corrected chi connectivity index (χ4v) is 3.29. The highest BCUT2D eigenvalue weighted by atomic mass is 19.4. The van der Waals surface area contributed by atoms with Crippen molar-refractivity contribution in [2.45, 2.75) is 26.1 Å². The molecule has 10 heteroatoms. The van der Waals surface area contributed by atoms with Crippen LogP contribution in [0.15, 0.2) is 35.1 Å². The predicted molar refractivity (Wildman–Crippen MR) is 104 cm³/mol. The first-order valence-electron chi connectivity index (χ1n) is 9.55. The summed E-state index contributed by atoms with van der Waals surface area (Å²) >= 11 is 0. The molecule has 1 aromatic heterocycles. The average Bonchev–Trinajstić information content (AvgIpc) is 2.68. The van der Waals surface area contributed by atoms with Crippen LogP contribution in [0.1, 0.15) is 28.7 Å². The number of nitrogens with zero attached hydrogens (tertiary/aromatic N) is 3. The quantitative estimate of drug-likeness (QED) is 0.795. The Bertz CT molecular complexity index is 968. The monoisotopic (exact) mass is 424 g/mol. The molecule has 1 aliphatic heterocycles. The fourth-order valence-electron chi connectivity index (χ4n) is 3.29. The smallest absolute Gasteiger partial charge is 0.379 e. The normalized spacial score (nSPS) is 16.3. The molecular formula is C20H23F3N4O3. The van der Waals surface area contributed by atoms with E-state index in [-0.39, 0.29) is 17.4 Å². The van der Waals surface area contributed by atoms with Crippen molar-refractivity contribution < 1.29 is 22.7 Å². The van der Waals surface area contributed by atoms with Crippen LogP contribution in [0.2, 0.25) is 0 Å². The van der Waals surface area contributed by atoms with Crippen molar-refractivity contribution in [3.8, 4) is 5.69 Å². The Morgan fingerprint density at radius 2 is 1.97 bits per heavy atom. The van der Waals surface area contributed by atoms with Gasteiger partial charge in [0, 0.05) is 37.4 Å². The molecule has 0 spiro atoms. The number of aryl methyl sites for hydroxylation is 1. The van der Waals surface area contributed by atoms with Crippen LogP contribution in [0.4, 0.5) is 13.2 Å². The lowest BCUT2D eigenvalue weighted by Gasteiger charge is -2.29. The molecule has 1 aromatic carbocycles. The van der Waals surface area contributed by atoms with Gasteiger partial charge in [0.2, 0.25) is 5.43 Å². The summed E-state index contributed by atoms with van der Waals surface area (Å²) in [6.45, 7) is 6.70. The molecule has 3 rings (SSSR count). The molecule has 1 saturated heterocycles. The molecule has 30 heavy (non-hydrogen) atoms. The molecule has 2 aromatic rings. The maximum absolute atomic E-state index is 13.0. The van der Waals surface area contributed by atoms with Gasteiger partial charge in [0.15, 0.2) is 5.69 Å². The van der Waals surface area contributed by atoms with Crippen molar-refractivity contribution in [1.29, 1.82) is 0 Å². The highest BCUT2D eigenvalue weighted by Gasteiger charge is 2.30. The third-order valence-electron chi connectivity index (χ3n) is 4.75. The minimum atomic E-state index is -4.52. The van der Waals surface area contributed by atoms with E-state index in [1.165, 1.54) is 25.1 Å². The first kappa shape index (κ1) is 22.0. The molecule has 0 aliphatic carbocycles. The van der Waals surface area contributed by atoms with Crippen LogP contribution < -0.4 is 10.7 Å². The maximum Gasteiger partial charge on any atom is 0.416 e. The molecule has 1 N–H and O–H groups in total. The molecule has 1 amide bonds. The molecule has 1 aliphatic rings. The minimum absolute atomic E-state index is 0.109. The number of carbonyl (C=O) groups is 1. The summed E-state index contributed by atoms with van der Waals surface area (Å²) in [5, 5.41) is 6.80. The standard InChI is InChI=1S/C20H23F3N4O3/c1-13(12-26-6-8-30-9-7-26)24-19(29)18-17(28)10-14(2)27(25-18)16-5-3-4-15(11-16)20(21,22)23/h3-5,10-11,13H,6-9,12H2,1-2H3,(H,24,29). The number of aromatic nitrogens is 2. The number of hydrogen-bond acceptors (Lipinski definition) is 5. The van der Waals surface area contributed by atoms with Crippen molar-refractivity contribution >= 4 is 5.91 Å².